The van der Waals surface area contributed by atoms with E-state index in [1.807, 2.05) is 0 Å². The molecule has 0 atom stereocenters. The summed E-state index contributed by atoms with van der Waals surface area (Å²) in [7, 11) is -2.57. The zero-order valence-corrected chi connectivity index (χ0v) is 16.0. The molecule has 3 rings (SSSR count). The van der Waals surface area contributed by atoms with Crippen molar-refractivity contribution in [3.63, 3.8) is 0 Å². The second-order valence-corrected chi connectivity index (χ2v) is 7.86. The highest BCUT2D eigenvalue weighted by Crippen LogP contribution is 2.28. The first-order valence-electron chi connectivity index (χ1n) is 8.09. The summed E-state index contributed by atoms with van der Waals surface area (Å²) in [6.45, 7) is 0. The number of para-hydroxylation sites is 1. The Morgan fingerprint density at radius 1 is 1.00 bits per heavy atom. The maximum atomic E-state index is 13.8. The summed E-state index contributed by atoms with van der Waals surface area (Å²) in [5.41, 5.74) is -0.351. The summed E-state index contributed by atoms with van der Waals surface area (Å²) in [6.07, 6.45) is 0.880. The smallest absolute Gasteiger partial charge is 0.240 e. The van der Waals surface area contributed by atoms with E-state index in [0.29, 0.717) is 6.07 Å². The van der Waals surface area contributed by atoms with Crippen LogP contribution in [-0.2, 0) is 9.84 Å². The lowest BCUT2D eigenvalue weighted by atomic mass is 10.1. The third-order valence-corrected chi connectivity index (χ3v) is 4.92. The Hall–Kier alpha value is -3.40. The minimum Gasteiger partial charge on any atom is -0.496 e. The van der Waals surface area contributed by atoms with Crippen LogP contribution < -0.4 is 9.47 Å². The summed E-state index contributed by atoms with van der Waals surface area (Å²) in [5.74, 6) is -3.09. The molecule has 0 saturated carbocycles. The molecule has 10 heteroatoms. The minimum atomic E-state index is -3.94. The standard InChI is InChI=1S/C19H14F2N2O5S/c1-27-14-6-4-3-5-12(14)19(24)18-16(29(2,25)26)10-17(22-23-18)28-15-8-7-11(20)9-13(15)21/h3-10H,1-2H3. The fraction of sp³-hybridized carbons (Fsp3) is 0.105. The Labute approximate surface area is 164 Å². The Morgan fingerprint density at radius 3 is 2.38 bits per heavy atom. The van der Waals surface area contributed by atoms with E-state index in [4.69, 9.17) is 9.47 Å². The number of carbonyl (C=O) groups is 1. The maximum absolute atomic E-state index is 13.8. The molecule has 0 aliphatic carbocycles. The Kier molecular flexibility index (Phi) is 5.55. The van der Waals surface area contributed by atoms with Gasteiger partial charge in [-0.05, 0) is 24.3 Å². The predicted molar refractivity (Wildman–Crippen MR) is 98.0 cm³/mol. The lowest BCUT2D eigenvalue weighted by Gasteiger charge is -2.11. The number of ether oxygens (including phenoxy) is 2. The monoisotopic (exact) mass is 420 g/mol. The number of carbonyl (C=O) groups excluding carboxylic acids is 1. The van der Waals surface area contributed by atoms with E-state index in [0.717, 1.165) is 24.5 Å². The van der Waals surface area contributed by atoms with Crippen molar-refractivity contribution in [2.45, 2.75) is 4.90 Å². The highest BCUT2D eigenvalue weighted by atomic mass is 32.2. The molecule has 0 N–H and O–H groups in total. The molecule has 29 heavy (non-hydrogen) atoms. The summed E-state index contributed by atoms with van der Waals surface area (Å²) in [5, 5.41) is 7.34. The predicted octanol–water partition coefficient (Wildman–Crippen LogP) is 3.19. The third-order valence-electron chi connectivity index (χ3n) is 3.81. The van der Waals surface area contributed by atoms with Crippen LogP contribution in [-0.4, -0.2) is 37.8 Å². The van der Waals surface area contributed by atoms with Crippen molar-refractivity contribution in [1.82, 2.24) is 10.2 Å². The highest BCUT2D eigenvalue weighted by molar-refractivity contribution is 7.90. The van der Waals surface area contributed by atoms with Crippen LogP contribution in [0.5, 0.6) is 17.4 Å². The largest absolute Gasteiger partial charge is 0.496 e. The van der Waals surface area contributed by atoms with Crippen LogP contribution in [0, 0.1) is 11.6 Å². The van der Waals surface area contributed by atoms with Gasteiger partial charge in [0.05, 0.1) is 12.7 Å². The molecule has 150 valence electrons. The van der Waals surface area contributed by atoms with E-state index in [1.54, 1.807) is 12.1 Å². The molecular weight excluding hydrogens is 406 g/mol. The van der Waals surface area contributed by atoms with Crippen molar-refractivity contribution >= 4 is 15.6 Å². The van der Waals surface area contributed by atoms with Gasteiger partial charge in [-0.1, -0.05) is 12.1 Å². The number of benzene rings is 2. The van der Waals surface area contributed by atoms with Crippen molar-refractivity contribution < 1.29 is 31.5 Å². The first-order chi connectivity index (χ1) is 13.7. The van der Waals surface area contributed by atoms with E-state index in [2.05, 4.69) is 10.2 Å². The summed E-state index contributed by atoms with van der Waals surface area (Å²) < 4.78 is 61.6. The van der Waals surface area contributed by atoms with Crippen LogP contribution in [0.1, 0.15) is 16.1 Å². The van der Waals surface area contributed by atoms with Crippen LogP contribution in [0.4, 0.5) is 8.78 Å². The number of nitrogens with zero attached hydrogens (tertiary/aromatic N) is 2. The van der Waals surface area contributed by atoms with Gasteiger partial charge in [-0.25, -0.2) is 17.2 Å². The molecule has 0 amide bonds. The third kappa shape index (κ3) is 4.37. The second kappa shape index (κ2) is 7.92. The SMILES string of the molecule is COc1ccccc1C(=O)c1nnc(Oc2ccc(F)cc2F)cc1S(C)(=O)=O. The molecule has 0 aliphatic rings. The Morgan fingerprint density at radius 2 is 1.72 bits per heavy atom. The first-order valence-corrected chi connectivity index (χ1v) is 9.98. The zero-order chi connectivity index (χ0) is 21.2. The van der Waals surface area contributed by atoms with Gasteiger partial charge in [0.2, 0.25) is 11.7 Å². The average molecular weight is 420 g/mol. The highest BCUT2D eigenvalue weighted by Gasteiger charge is 2.26. The van der Waals surface area contributed by atoms with Gasteiger partial charge < -0.3 is 9.47 Å². The molecule has 0 aliphatic heterocycles. The van der Waals surface area contributed by atoms with Crippen molar-refractivity contribution in [2.24, 2.45) is 0 Å². The number of sulfone groups is 1. The van der Waals surface area contributed by atoms with Gasteiger partial charge in [-0.3, -0.25) is 4.79 Å². The quantitative estimate of drug-likeness (QED) is 0.565. The molecule has 0 unspecified atom stereocenters. The van der Waals surface area contributed by atoms with Gasteiger partial charge in [0, 0.05) is 18.4 Å². The normalized spacial score (nSPS) is 11.2. The van der Waals surface area contributed by atoms with Crippen LogP contribution in [0.15, 0.2) is 53.4 Å². The van der Waals surface area contributed by atoms with Gasteiger partial charge in [0.1, 0.15) is 16.5 Å². The fourth-order valence-corrected chi connectivity index (χ4v) is 3.28. The molecule has 0 bridgehead atoms. The average Bonchev–Trinajstić information content (AvgIpc) is 2.69. The second-order valence-electron chi connectivity index (χ2n) is 5.87. The van der Waals surface area contributed by atoms with E-state index in [-0.39, 0.29) is 22.9 Å². The molecule has 2 aromatic carbocycles. The van der Waals surface area contributed by atoms with Gasteiger partial charge in [0.25, 0.3) is 0 Å². The van der Waals surface area contributed by atoms with Crippen LogP contribution in [0.3, 0.4) is 0 Å². The molecule has 1 heterocycles. The van der Waals surface area contributed by atoms with Gasteiger partial charge in [-0.15, -0.1) is 10.2 Å². The summed E-state index contributed by atoms with van der Waals surface area (Å²) >= 11 is 0. The van der Waals surface area contributed by atoms with E-state index < -0.39 is 37.8 Å². The molecule has 0 fully saturated rings. The topological polar surface area (TPSA) is 95.4 Å². The van der Waals surface area contributed by atoms with Crippen LogP contribution in [0.25, 0.3) is 0 Å². The summed E-state index contributed by atoms with van der Waals surface area (Å²) in [4.78, 5) is 12.4. The molecule has 0 saturated heterocycles. The van der Waals surface area contributed by atoms with Crippen molar-refractivity contribution in [1.29, 1.82) is 0 Å². The Bertz CT molecular complexity index is 1200. The van der Waals surface area contributed by atoms with Gasteiger partial charge in [0.15, 0.2) is 27.1 Å². The Balaban J connectivity index is 2.06. The van der Waals surface area contributed by atoms with E-state index in [1.165, 1.54) is 19.2 Å². The van der Waals surface area contributed by atoms with Crippen molar-refractivity contribution in [2.75, 3.05) is 13.4 Å². The lowest BCUT2D eigenvalue weighted by Crippen LogP contribution is -2.14. The number of aromatic nitrogens is 2. The number of hydrogen-bond acceptors (Lipinski definition) is 7. The molecule has 7 nitrogen and oxygen atoms in total. The number of ketones is 1. The van der Waals surface area contributed by atoms with Crippen LogP contribution in [0.2, 0.25) is 0 Å². The maximum Gasteiger partial charge on any atom is 0.240 e. The van der Waals surface area contributed by atoms with Gasteiger partial charge in [-0.2, -0.15) is 0 Å². The molecule has 3 aromatic rings. The molecule has 0 spiro atoms. The number of methoxy groups -OCH3 is 1. The first kappa shape index (κ1) is 20.3. The zero-order valence-electron chi connectivity index (χ0n) is 15.2. The van der Waals surface area contributed by atoms with Crippen LogP contribution >= 0.6 is 0 Å². The summed E-state index contributed by atoms with van der Waals surface area (Å²) in [6, 6.07) is 9.74. The minimum absolute atomic E-state index is 0.0902. The molecule has 1 aromatic heterocycles. The van der Waals surface area contributed by atoms with Crippen molar-refractivity contribution in [3.8, 4) is 17.4 Å². The van der Waals surface area contributed by atoms with Gasteiger partial charge >= 0.3 is 0 Å². The van der Waals surface area contributed by atoms with Crippen molar-refractivity contribution in [3.05, 3.63) is 71.4 Å². The lowest BCUT2D eigenvalue weighted by molar-refractivity contribution is 0.102. The molecule has 0 radical (unpaired) electrons. The van der Waals surface area contributed by atoms with E-state index >= 15 is 0 Å². The van der Waals surface area contributed by atoms with E-state index in [9.17, 15) is 22.0 Å². The molecular formula is C19H14F2N2O5S. The number of rotatable bonds is 6. The number of halogens is 2. The fourth-order valence-electron chi connectivity index (χ4n) is 2.48. The number of hydrogen-bond donors (Lipinski definition) is 0.